The Labute approximate surface area is 128 Å². The smallest absolute Gasteiger partial charge is 0.348 e. The molecule has 0 aliphatic heterocycles. The monoisotopic (exact) mass is 310 g/mol. The highest BCUT2D eigenvalue weighted by atomic mass is 32.2. The summed E-state index contributed by atoms with van der Waals surface area (Å²) in [5.41, 5.74) is 7.19. The van der Waals surface area contributed by atoms with E-state index in [9.17, 15) is 9.59 Å². The summed E-state index contributed by atoms with van der Waals surface area (Å²) < 4.78 is 1.81. The predicted octanol–water partition coefficient (Wildman–Crippen LogP) is 0.261. The van der Waals surface area contributed by atoms with Gasteiger partial charge in [-0.3, -0.25) is 9.36 Å². The topological polar surface area (TPSA) is 81.2 Å². The Morgan fingerprint density at radius 3 is 2.86 bits per heavy atom. The number of amides is 1. The molecular formula is C14H22N4O2S. The van der Waals surface area contributed by atoms with Gasteiger partial charge in [-0.25, -0.2) is 4.79 Å². The van der Waals surface area contributed by atoms with Crippen LogP contribution in [0.1, 0.15) is 24.1 Å². The van der Waals surface area contributed by atoms with Crippen molar-refractivity contribution < 1.29 is 4.79 Å². The van der Waals surface area contributed by atoms with Crippen molar-refractivity contribution in [2.75, 3.05) is 26.4 Å². The summed E-state index contributed by atoms with van der Waals surface area (Å²) in [6, 6.07) is 0. The number of nitrogens with two attached hydrogens (primary N) is 1. The van der Waals surface area contributed by atoms with E-state index in [1.165, 1.54) is 11.8 Å². The molecule has 6 nitrogen and oxygen atoms in total. The van der Waals surface area contributed by atoms with Crippen molar-refractivity contribution in [2.45, 2.75) is 37.3 Å². The number of aromatic nitrogens is 2. The van der Waals surface area contributed by atoms with E-state index >= 15 is 0 Å². The van der Waals surface area contributed by atoms with Crippen LogP contribution in [0.25, 0.3) is 0 Å². The van der Waals surface area contributed by atoms with Crippen LogP contribution in [-0.4, -0.2) is 46.8 Å². The summed E-state index contributed by atoms with van der Waals surface area (Å²) in [5, 5.41) is 0.690. The highest BCUT2D eigenvalue weighted by Gasteiger charge is 2.22. The van der Waals surface area contributed by atoms with Crippen molar-refractivity contribution in [2.24, 2.45) is 5.73 Å². The summed E-state index contributed by atoms with van der Waals surface area (Å²) in [7, 11) is 4.05. The second kappa shape index (κ2) is 7.09. The SMILES string of the molecule is CN(C)CCCn1c2c(c(SCC(N)=O)nc1=O)CCC2. The molecule has 1 aromatic heterocycles. The van der Waals surface area contributed by atoms with Gasteiger partial charge < -0.3 is 10.6 Å². The Balaban J connectivity index is 2.22. The van der Waals surface area contributed by atoms with E-state index in [0.29, 0.717) is 11.6 Å². The number of fused-ring (bicyclic) bond motifs is 1. The zero-order chi connectivity index (χ0) is 15.4. The van der Waals surface area contributed by atoms with Gasteiger partial charge in [-0.1, -0.05) is 11.8 Å². The third-order valence-corrected chi connectivity index (χ3v) is 4.58. The summed E-state index contributed by atoms with van der Waals surface area (Å²) in [6.07, 6.45) is 3.81. The van der Waals surface area contributed by atoms with Gasteiger partial charge in [0, 0.05) is 17.8 Å². The maximum Gasteiger partial charge on any atom is 0.348 e. The fourth-order valence-corrected chi connectivity index (χ4v) is 3.44. The molecule has 1 aliphatic rings. The summed E-state index contributed by atoms with van der Waals surface area (Å²) in [4.78, 5) is 29.4. The summed E-state index contributed by atoms with van der Waals surface area (Å²) in [5.74, 6) is -0.215. The molecule has 21 heavy (non-hydrogen) atoms. The van der Waals surface area contributed by atoms with Crippen LogP contribution >= 0.6 is 11.8 Å². The largest absolute Gasteiger partial charge is 0.369 e. The molecule has 1 amide bonds. The Hall–Kier alpha value is -1.34. The second-order valence-corrected chi connectivity index (χ2v) is 6.51. The first-order valence-electron chi connectivity index (χ1n) is 7.17. The maximum atomic E-state index is 12.2. The molecule has 0 bridgehead atoms. The normalized spacial score (nSPS) is 13.7. The first-order chi connectivity index (χ1) is 9.99. The zero-order valence-corrected chi connectivity index (χ0v) is 13.4. The molecule has 1 aliphatic carbocycles. The van der Waals surface area contributed by atoms with Gasteiger partial charge in [0.15, 0.2) is 0 Å². The van der Waals surface area contributed by atoms with Gasteiger partial charge in [0.1, 0.15) is 5.03 Å². The minimum absolute atomic E-state index is 0.170. The van der Waals surface area contributed by atoms with E-state index in [-0.39, 0.29) is 17.3 Å². The Bertz CT molecular complexity index is 583. The quantitative estimate of drug-likeness (QED) is 0.577. The standard InChI is InChI=1S/C14H22N4O2S/c1-17(2)7-4-8-18-11-6-3-5-10(11)13(16-14(18)20)21-9-12(15)19/h3-9H2,1-2H3,(H2,15,19). The van der Waals surface area contributed by atoms with Gasteiger partial charge in [-0.05, 0) is 46.3 Å². The average Bonchev–Trinajstić information content (AvgIpc) is 2.87. The maximum absolute atomic E-state index is 12.2. The molecule has 0 saturated heterocycles. The number of hydrogen-bond acceptors (Lipinski definition) is 5. The molecular weight excluding hydrogens is 288 g/mol. The summed E-state index contributed by atoms with van der Waals surface area (Å²) in [6.45, 7) is 1.65. The van der Waals surface area contributed by atoms with Gasteiger partial charge in [0.2, 0.25) is 5.91 Å². The van der Waals surface area contributed by atoms with E-state index in [1.807, 2.05) is 14.1 Å². The van der Waals surface area contributed by atoms with Crippen molar-refractivity contribution in [1.82, 2.24) is 14.5 Å². The van der Waals surface area contributed by atoms with Crippen molar-refractivity contribution in [1.29, 1.82) is 0 Å². The lowest BCUT2D eigenvalue weighted by Gasteiger charge is -2.15. The van der Waals surface area contributed by atoms with Crippen LogP contribution in [0.15, 0.2) is 9.82 Å². The molecule has 0 unspecified atom stereocenters. The van der Waals surface area contributed by atoms with E-state index in [4.69, 9.17) is 5.73 Å². The Morgan fingerprint density at radius 1 is 1.43 bits per heavy atom. The number of carbonyl (C=O) groups is 1. The van der Waals surface area contributed by atoms with Crippen LogP contribution < -0.4 is 11.4 Å². The third kappa shape index (κ3) is 4.07. The molecule has 1 aromatic rings. The summed E-state index contributed by atoms with van der Waals surface area (Å²) >= 11 is 1.28. The van der Waals surface area contributed by atoms with Gasteiger partial charge in [0.25, 0.3) is 0 Å². The average molecular weight is 310 g/mol. The Morgan fingerprint density at radius 2 is 2.19 bits per heavy atom. The fourth-order valence-electron chi connectivity index (χ4n) is 2.62. The van der Waals surface area contributed by atoms with Crippen LogP contribution in [0.4, 0.5) is 0 Å². The van der Waals surface area contributed by atoms with Crippen molar-refractivity contribution in [3.63, 3.8) is 0 Å². The van der Waals surface area contributed by atoms with Crippen molar-refractivity contribution in [3.8, 4) is 0 Å². The number of rotatable bonds is 7. The first kappa shape index (κ1) is 16.0. The number of primary amides is 1. The van der Waals surface area contributed by atoms with Crippen LogP contribution in [0.5, 0.6) is 0 Å². The van der Waals surface area contributed by atoms with Crippen molar-refractivity contribution >= 4 is 17.7 Å². The van der Waals surface area contributed by atoms with Crippen LogP contribution in [-0.2, 0) is 24.2 Å². The Kier molecular flexibility index (Phi) is 5.41. The molecule has 116 valence electrons. The number of hydrogen-bond donors (Lipinski definition) is 1. The zero-order valence-electron chi connectivity index (χ0n) is 12.6. The van der Waals surface area contributed by atoms with Crippen molar-refractivity contribution in [3.05, 3.63) is 21.7 Å². The fraction of sp³-hybridized carbons (Fsp3) is 0.643. The predicted molar refractivity (Wildman–Crippen MR) is 83.6 cm³/mol. The lowest BCUT2D eigenvalue weighted by molar-refractivity contribution is -0.115. The van der Waals surface area contributed by atoms with E-state index in [0.717, 1.165) is 43.5 Å². The highest BCUT2D eigenvalue weighted by Crippen LogP contribution is 2.29. The minimum atomic E-state index is -0.385. The molecule has 0 aromatic carbocycles. The number of carbonyl (C=O) groups excluding carboxylic acids is 1. The third-order valence-electron chi connectivity index (χ3n) is 3.54. The lowest BCUT2D eigenvalue weighted by Crippen LogP contribution is -2.29. The molecule has 0 saturated carbocycles. The van der Waals surface area contributed by atoms with Gasteiger partial charge in [-0.2, -0.15) is 4.98 Å². The number of nitrogens with zero attached hydrogens (tertiary/aromatic N) is 3. The molecule has 7 heteroatoms. The van der Waals surface area contributed by atoms with E-state index in [2.05, 4.69) is 9.88 Å². The minimum Gasteiger partial charge on any atom is -0.369 e. The number of thioether (sulfide) groups is 1. The van der Waals surface area contributed by atoms with Crippen LogP contribution in [0.3, 0.4) is 0 Å². The van der Waals surface area contributed by atoms with Crippen LogP contribution in [0, 0.1) is 0 Å². The second-order valence-electron chi connectivity index (χ2n) is 5.54. The van der Waals surface area contributed by atoms with Gasteiger partial charge in [-0.15, -0.1) is 0 Å². The molecule has 0 atom stereocenters. The molecule has 0 spiro atoms. The first-order valence-corrected chi connectivity index (χ1v) is 8.16. The molecule has 0 radical (unpaired) electrons. The van der Waals surface area contributed by atoms with Gasteiger partial charge in [0.05, 0.1) is 5.75 Å². The lowest BCUT2D eigenvalue weighted by atomic mass is 10.2. The van der Waals surface area contributed by atoms with Crippen LogP contribution in [0.2, 0.25) is 0 Å². The van der Waals surface area contributed by atoms with E-state index < -0.39 is 0 Å². The molecule has 2 rings (SSSR count). The molecule has 1 heterocycles. The highest BCUT2D eigenvalue weighted by molar-refractivity contribution is 7.99. The van der Waals surface area contributed by atoms with E-state index in [1.54, 1.807) is 4.57 Å². The molecule has 0 fully saturated rings. The van der Waals surface area contributed by atoms with Gasteiger partial charge >= 0.3 is 5.69 Å². The molecule has 2 N–H and O–H groups in total.